The molecule has 1 atom stereocenters. The van der Waals surface area contributed by atoms with Crippen LogP contribution >= 0.6 is 0 Å². The van der Waals surface area contributed by atoms with Gasteiger partial charge in [-0.25, -0.2) is 0 Å². The van der Waals surface area contributed by atoms with Crippen LogP contribution < -0.4 is 5.73 Å². The number of benzene rings is 1. The molecule has 1 aromatic carbocycles. The van der Waals surface area contributed by atoms with Gasteiger partial charge in [-0.3, -0.25) is 0 Å². The summed E-state index contributed by atoms with van der Waals surface area (Å²) in [7, 11) is 0. The van der Waals surface area contributed by atoms with Gasteiger partial charge in [0.05, 0.1) is 11.6 Å². The second-order valence-electron chi connectivity index (χ2n) is 3.87. The molecule has 0 radical (unpaired) electrons. The van der Waals surface area contributed by atoms with Crippen molar-refractivity contribution in [3.05, 3.63) is 35.5 Å². The molecule has 0 aliphatic rings. The standard InChI is InChI=1S/C12H13N3/c1-8(14)4-10-7-15-12-5-9(6-13)2-3-11(10)12/h2-3,5,7-8,15H,4,14H2,1H3. The number of hydrogen-bond acceptors (Lipinski definition) is 2. The first-order chi connectivity index (χ1) is 7.20. The molecule has 1 heterocycles. The van der Waals surface area contributed by atoms with Gasteiger partial charge < -0.3 is 10.7 Å². The van der Waals surface area contributed by atoms with E-state index in [2.05, 4.69) is 11.1 Å². The average molecular weight is 199 g/mol. The van der Waals surface area contributed by atoms with Gasteiger partial charge in [0, 0.05) is 23.1 Å². The minimum absolute atomic E-state index is 0.152. The Bertz CT molecular complexity index is 517. The highest BCUT2D eigenvalue weighted by Gasteiger charge is 2.05. The highest BCUT2D eigenvalue weighted by molar-refractivity contribution is 5.84. The van der Waals surface area contributed by atoms with Crippen molar-refractivity contribution in [2.24, 2.45) is 5.73 Å². The third-order valence-electron chi connectivity index (χ3n) is 2.44. The molecule has 15 heavy (non-hydrogen) atoms. The number of fused-ring (bicyclic) bond motifs is 1. The molecule has 0 fully saturated rings. The Balaban J connectivity index is 2.48. The summed E-state index contributed by atoms with van der Waals surface area (Å²) in [5, 5.41) is 9.92. The van der Waals surface area contributed by atoms with Crippen LogP contribution in [0.4, 0.5) is 0 Å². The molecule has 0 aliphatic carbocycles. The Morgan fingerprint density at radius 2 is 2.33 bits per heavy atom. The van der Waals surface area contributed by atoms with Gasteiger partial charge in [0.15, 0.2) is 0 Å². The number of nitrogens with zero attached hydrogens (tertiary/aromatic N) is 1. The maximum atomic E-state index is 8.77. The van der Waals surface area contributed by atoms with Gasteiger partial charge in [-0.15, -0.1) is 0 Å². The summed E-state index contributed by atoms with van der Waals surface area (Å²) in [4.78, 5) is 3.16. The fraction of sp³-hybridized carbons (Fsp3) is 0.250. The van der Waals surface area contributed by atoms with Crippen molar-refractivity contribution in [1.82, 2.24) is 4.98 Å². The molecule has 0 bridgehead atoms. The minimum Gasteiger partial charge on any atom is -0.361 e. The van der Waals surface area contributed by atoms with E-state index in [9.17, 15) is 0 Å². The number of hydrogen-bond donors (Lipinski definition) is 2. The third-order valence-corrected chi connectivity index (χ3v) is 2.44. The molecule has 3 heteroatoms. The van der Waals surface area contributed by atoms with Crippen molar-refractivity contribution in [3.8, 4) is 6.07 Å². The lowest BCUT2D eigenvalue weighted by Gasteiger charge is -2.02. The smallest absolute Gasteiger partial charge is 0.0992 e. The van der Waals surface area contributed by atoms with E-state index in [1.165, 1.54) is 5.56 Å². The number of nitrogens with one attached hydrogen (secondary N) is 1. The summed E-state index contributed by atoms with van der Waals surface area (Å²) >= 11 is 0. The Kier molecular flexibility index (Phi) is 2.44. The molecule has 76 valence electrons. The lowest BCUT2D eigenvalue weighted by atomic mass is 10.1. The largest absolute Gasteiger partial charge is 0.361 e. The van der Waals surface area contributed by atoms with E-state index < -0.39 is 0 Å². The molecule has 2 rings (SSSR count). The Labute approximate surface area is 88.5 Å². The second kappa shape index (κ2) is 3.76. The molecule has 0 saturated heterocycles. The number of H-pyrrole nitrogens is 1. The molecule has 0 saturated carbocycles. The van der Waals surface area contributed by atoms with Gasteiger partial charge in [-0.1, -0.05) is 6.07 Å². The Morgan fingerprint density at radius 1 is 1.53 bits per heavy atom. The van der Waals surface area contributed by atoms with Crippen molar-refractivity contribution < 1.29 is 0 Å². The molecular formula is C12H13N3. The van der Waals surface area contributed by atoms with E-state index in [-0.39, 0.29) is 6.04 Å². The molecule has 1 unspecified atom stereocenters. The first-order valence-electron chi connectivity index (χ1n) is 4.96. The fourth-order valence-corrected chi connectivity index (χ4v) is 1.77. The van der Waals surface area contributed by atoms with Crippen LogP contribution in [-0.4, -0.2) is 11.0 Å². The maximum absolute atomic E-state index is 8.77. The van der Waals surface area contributed by atoms with Crippen LogP contribution in [0.25, 0.3) is 10.9 Å². The van der Waals surface area contributed by atoms with Crippen molar-refractivity contribution in [2.75, 3.05) is 0 Å². The number of aromatic nitrogens is 1. The van der Waals surface area contributed by atoms with E-state index >= 15 is 0 Å². The van der Waals surface area contributed by atoms with E-state index in [0.29, 0.717) is 5.56 Å². The van der Waals surface area contributed by atoms with Crippen LogP contribution in [0.1, 0.15) is 18.1 Å². The third kappa shape index (κ3) is 1.85. The molecule has 0 spiro atoms. The predicted molar refractivity (Wildman–Crippen MR) is 60.4 cm³/mol. The zero-order chi connectivity index (χ0) is 10.8. The van der Waals surface area contributed by atoms with Gasteiger partial charge in [0.2, 0.25) is 0 Å². The van der Waals surface area contributed by atoms with E-state index in [0.717, 1.165) is 17.3 Å². The Morgan fingerprint density at radius 3 is 3.00 bits per heavy atom. The average Bonchev–Trinajstić information content (AvgIpc) is 2.60. The van der Waals surface area contributed by atoms with Gasteiger partial charge >= 0.3 is 0 Å². The van der Waals surface area contributed by atoms with Gasteiger partial charge in [-0.05, 0) is 31.0 Å². The minimum atomic E-state index is 0.152. The number of rotatable bonds is 2. The molecular weight excluding hydrogens is 186 g/mol. The Hall–Kier alpha value is -1.79. The number of nitriles is 1. The van der Waals surface area contributed by atoms with Gasteiger partial charge in [0.25, 0.3) is 0 Å². The molecule has 0 amide bonds. The quantitative estimate of drug-likeness (QED) is 0.776. The zero-order valence-corrected chi connectivity index (χ0v) is 8.62. The number of aromatic amines is 1. The first kappa shape index (κ1) is 9.75. The summed E-state index contributed by atoms with van der Waals surface area (Å²) in [6.45, 7) is 1.99. The van der Waals surface area contributed by atoms with Crippen molar-refractivity contribution in [3.63, 3.8) is 0 Å². The van der Waals surface area contributed by atoms with Crippen LogP contribution in [0.5, 0.6) is 0 Å². The lowest BCUT2D eigenvalue weighted by Crippen LogP contribution is -2.17. The summed E-state index contributed by atoms with van der Waals surface area (Å²) in [6.07, 6.45) is 2.82. The van der Waals surface area contributed by atoms with E-state index in [1.807, 2.05) is 31.3 Å². The van der Waals surface area contributed by atoms with Crippen LogP contribution in [0, 0.1) is 11.3 Å². The summed E-state index contributed by atoms with van der Waals surface area (Å²) < 4.78 is 0. The second-order valence-corrected chi connectivity index (χ2v) is 3.87. The van der Waals surface area contributed by atoms with Crippen LogP contribution in [-0.2, 0) is 6.42 Å². The van der Waals surface area contributed by atoms with Crippen LogP contribution in [0.2, 0.25) is 0 Å². The van der Waals surface area contributed by atoms with E-state index in [1.54, 1.807) is 0 Å². The lowest BCUT2D eigenvalue weighted by molar-refractivity contribution is 0.741. The molecule has 2 aromatic rings. The monoisotopic (exact) mass is 199 g/mol. The van der Waals surface area contributed by atoms with Crippen LogP contribution in [0.3, 0.4) is 0 Å². The SMILES string of the molecule is CC(N)Cc1c[nH]c2cc(C#N)ccc12. The van der Waals surface area contributed by atoms with Crippen molar-refractivity contribution in [1.29, 1.82) is 5.26 Å². The fourth-order valence-electron chi connectivity index (χ4n) is 1.77. The first-order valence-corrected chi connectivity index (χ1v) is 4.96. The predicted octanol–water partition coefficient (Wildman–Crippen LogP) is 1.93. The molecule has 0 aliphatic heterocycles. The molecule has 3 N–H and O–H groups in total. The summed E-state index contributed by atoms with van der Waals surface area (Å²) in [5.41, 5.74) is 8.66. The van der Waals surface area contributed by atoms with Gasteiger partial charge in [-0.2, -0.15) is 5.26 Å². The normalized spacial score (nSPS) is 12.6. The zero-order valence-electron chi connectivity index (χ0n) is 8.62. The molecule has 3 nitrogen and oxygen atoms in total. The topological polar surface area (TPSA) is 65.6 Å². The summed E-state index contributed by atoms with van der Waals surface area (Å²) in [5.74, 6) is 0. The number of nitrogens with two attached hydrogens (primary N) is 1. The highest BCUT2D eigenvalue weighted by Crippen LogP contribution is 2.20. The van der Waals surface area contributed by atoms with Crippen molar-refractivity contribution in [2.45, 2.75) is 19.4 Å². The van der Waals surface area contributed by atoms with Crippen LogP contribution in [0.15, 0.2) is 24.4 Å². The van der Waals surface area contributed by atoms with E-state index in [4.69, 9.17) is 11.0 Å². The van der Waals surface area contributed by atoms with Gasteiger partial charge in [0.1, 0.15) is 0 Å². The highest BCUT2D eigenvalue weighted by atomic mass is 14.7. The van der Waals surface area contributed by atoms with Crippen molar-refractivity contribution >= 4 is 10.9 Å². The molecule has 1 aromatic heterocycles. The maximum Gasteiger partial charge on any atom is 0.0992 e. The summed E-state index contributed by atoms with van der Waals surface area (Å²) in [6, 6.07) is 7.95.